The van der Waals surface area contributed by atoms with Crippen LogP contribution in [0.4, 0.5) is 5.69 Å². The van der Waals surface area contributed by atoms with Crippen LogP contribution in [0.1, 0.15) is 22.8 Å². The lowest BCUT2D eigenvalue weighted by atomic mass is 10.2. The highest BCUT2D eigenvalue weighted by Gasteiger charge is 2.24. The molecule has 0 aliphatic carbocycles. The average molecular weight is 430 g/mol. The molecule has 3 rings (SSSR count). The van der Waals surface area contributed by atoms with E-state index in [0.717, 1.165) is 0 Å². The van der Waals surface area contributed by atoms with Gasteiger partial charge in [-0.1, -0.05) is 54.1 Å². The fraction of sp³-hybridized carbons (Fsp3) is 0.136. The van der Waals surface area contributed by atoms with Crippen LogP contribution in [-0.2, 0) is 21.4 Å². The molecule has 5 nitrogen and oxygen atoms in total. The quantitative estimate of drug-likeness (QED) is 0.500. The summed E-state index contributed by atoms with van der Waals surface area (Å²) in [5.74, 6) is -0.621. The Balaban J connectivity index is 1.82. The molecule has 3 aromatic carbocycles. The van der Waals surface area contributed by atoms with Crippen LogP contribution in [0.5, 0.6) is 0 Å². The Morgan fingerprint density at radius 2 is 1.66 bits per heavy atom. The Hall–Kier alpha value is -2.83. The predicted molar refractivity (Wildman–Crippen MR) is 114 cm³/mol. The Labute approximate surface area is 175 Å². The van der Waals surface area contributed by atoms with Gasteiger partial charge in [0.1, 0.15) is 6.61 Å². The molecule has 0 saturated heterocycles. The van der Waals surface area contributed by atoms with Gasteiger partial charge in [0.2, 0.25) is 0 Å². The molecule has 0 N–H and O–H groups in total. The molecule has 0 fully saturated rings. The fourth-order valence-electron chi connectivity index (χ4n) is 2.84. The minimum atomic E-state index is -3.83. The van der Waals surface area contributed by atoms with E-state index < -0.39 is 16.0 Å². The second kappa shape index (κ2) is 9.11. The number of hydrogen-bond donors (Lipinski definition) is 0. The number of ether oxygens (including phenoxy) is 1. The molecule has 0 aliphatic heterocycles. The summed E-state index contributed by atoms with van der Waals surface area (Å²) < 4.78 is 32.8. The van der Waals surface area contributed by atoms with Crippen LogP contribution in [0.3, 0.4) is 0 Å². The first-order valence-electron chi connectivity index (χ1n) is 9.02. The van der Waals surface area contributed by atoms with Gasteiger partial charge in [-0.3, -0.25) is 4.31 Å². The van der Waals surface area contributed by atoms with Crippen molar-refractivity contribution in [3.05, 3.63) is 95.0 Å². The molecule has 0 heterocycles. The van der Waals surface area contributed by atoms with Gasteiger partial charge in [0.25, 0.3) is 10.0 Å². The number of hydrogen-bond acceptors (Lipinski definition) is 4. The molecule has 0 saturated carbocycles. The molecular formula is C22H20ClNO4S. The van der Waals surface area contributed by atoms with Crippen LogP contribution in [0.2, 0.25) is 5.02 Å². The summed E-state index contributed by atoms with van der Waals surface area (Å²) in [7, 11) is -3.83. The molecule has 150 valence electrons. The summed E-state index contributed by atoms with van der Waals surface area (Å²) in [6.45, 7) is 2.01. The van der Waals surface area contributed by atoms with Crippen molar-refractivity contribution >= 4 is 33.3 Å². The zero-order valence-electron chi connectivity index (χ0n) is 15.8. The molecule has 0 amide bonds. The van der Waals surface area contributed by atoms with E-state index in [1.54, 1.807) is 55.5 Å². The Morgan fingerprint density at radius 1 is 0.966 bits per heavy atom. The monoisotopic (exact) mass is 429 g/mol. The summed E-state index contributed by atoms with van der Waals surface area (Å²) in [5.41, 5.74) is 1.39. The molecule has 0 spiro atoms. The van der Waals surface area contributed by atoms with Crippen molar-refractivity contribution in [2.24, 2.45) is 0 Å². The Morgan fingerprint density at radius 3 is 2.34 bits per heavy atom. The number of halogens is 1. The second-order valence-corrected chi connectivity index (χ2v) is 8.47. The van der Waals surface area contributed by atoms with Gasteiger partial charge < -0.3 is 4.74 Å². The van der Waals surface area contributed by atoms with Crippen molar-refractivity contribution in [1.29, 1.82) is 0 Å². The molecule has 0 unspecified atom stereocenters. The molecule has 0 aromatic heterocycles. The number of carbonyl (C=O) groups is 1. The maximum absolute atomic E-state index is 13.1. The van der Waals surface area contributed by atoms with Gasteiger partial charge in [0.15, 0.2) is 0 Å². The van der Waals surface area contributed by atoms with Gasteiger partial charge in [-0.25, -0.2) is 13.2 Å². The number of rotatable bonds is 7. The lowest BCUT2D eigenvalue weighted by Crippen LogP contribution is -2.30. The van der Waals surface area contributed by atoms with Gasteiger partial charge >= 0.3 is 5.97 Å². The third-order valence-corrected chi connectivity index (χ3v) is 6.57. The molecule has 29 heavy (non-hydrogen) atoms. The Bertz CT molecular complexity index is 1100. The molecule has 0 aliphatic rings. The zero-order chi connectivity index (χ0) is 20.9. The van der Waals surface area contributed by atoms with Crippen LogP contribution < -0.4 is 4.31 Å². The summed E-state index contributed by atoms with van der Waals surface area (Å²) in [5, 5.41) is 0.498. The highest BCUT2D eigenvalue weighted by molar-refractivity contribution is 7.92. The largest absolute Gasteiger partial charge is 0.457 e. The normalized spacial score (nSPS) is 11.1. The number of para-hydroxylation sites is 1. The van der Waals surface area contributed by atoms with Crippen molar-refractivity contribution in [3.63, 3.8) is 0 Å². The smallest absolute Gasteiger partial charge is 0.338 e. The van der Waals surface area contributed by atoms with E-state index >= 15 is 0 Å². The van der Waals surface area contributed by atoms with Gasteiger partial charge in [0.05, 0.1) is 16.1 Å². The Kier molecular flexibility index (Phi) is 6.56. The van der Waals surface area contributed by atoms with E-state index in [0.29, 0.717) is 16.3 Å². The van der Waals surface area contributed by atoms with E-state index in [2.05, 4.69) is 0 Å². The lowest BCUT2D eigenvalue weighted by molar-refractivity contribution is 0.0472. The summed E-state index contributed by atoms with van der Waals surface area (Å²) in [4.78, 5) is 12.5. The minimum Gasteiger partial charge on any atom is -0.457 e. The first-order chi connectivity index (χ1) is 13.9. The first-order valence-corrected chi connectivity index (χ1v) is 10.8. The first kappa shape index (κ1) is 20.9. The lowest BCUT2D eigenvalue weighted by Gasteiger charge is -2.23. The van der Waals surface area contributed by atoms with Gasteiger partial charge in [-0.15, -0.1) is 0 Å². The fourth-order valence-corrected chi connectivity index (χ4v) is 4.55. The molecular weight excluding hydrogens is 410 g/mol. The second-order valence-electron chi connectivity index (χ2n) is 6.20. The topological polar surface area (TPSA) is 63.7 Å². The number of sulfonamides is 1. The third kappa shape index (κ3) is 4.78. The standard InChI is InChI=1S/C22H20ClNO4S/c1-2-24(19-11-4-3-5-12-19)29(26,27)20-13-8-10-17(15-20)22(25)28-16-18-9-6-7-14-21(18)23/h3-15H,2,16H2,1H3. The van der Waals surface area contributed by atoms with Gasteiger partial charge in [0, 0.05) is 17.1 Å². The number of anilines is 1. The van der Waals surface area contributed by atoms with Gasteiger partial charge in [-0.05, 0) is 43.3 Å². The molecule has 3 aromatic rings. The van der Waals surface area contributed by atoms with Crippen LogP contribution in [-0.4, -0.2) is 20.9 Å². The van der Waals surface area contributed by atoms with Crippen molar-refractivity contribution in [3.8, 4) is 0 Å². The van der Waals surface area contributed by atoms with Crippen LogP contribution in [0, 0.1) is 0 Å². The number of nitrogens with zero attached hydrogens (tertiary/aromatic N) is 1. The molecule has 0 bridgehead atoms. The maximum atomic E-state index is 13.1. The number of esters is 1. The summed E-state index contributed by atoms with van der Waals surface area (Å²) in [6.07, 6.45) is 0. The zero-order valence-corrected chi connectivity index (χ0v) is 17.4. The van der Waals surface area contributed by atoms with Crippen LogP contribution in [0.25, 0.3) is 0 Å². The number of carbonyl (C=O) groups excluding carboxylic acids is 1. The predicted octanol–water partition coefficient (Wildman–Crippen LogP) is 4.91. The summed E-state index contributed by atoms with van der Waals surface area (Å²) >= 11 is 6.07. The van der Waals surface area contributed by atoms with Crippen molar-refractivity contribution < 1.29 is 17.9 Å². The van der Waals surface area contributed by atoms with E-state index in [1.165, 1.54) is 28.6 Å². The van der Waals surface area contributed by atoms with Crippen molar-refractivity contribution in [1.82, 2.24) is 0 Å². The minimum absolute atomic E-state index is 0.000580. The number of benzene rings is 3. The molecule has 7 heteroatoms. The summed E-state index contributed by atoms with van der Waals surface area (Å²) in [6, 6.07) is 21.7. The van der Waals surface area contributed by atoms with Crippen LogP contribution >= 0.6 is 11.6 Å². The molecule has 0 atom stereocenters. The van der Waals surface area contributed by atoms with E-state index in [9.17, 15) is 13.2 Å². The van der Waals surface area contributed by atoms with Crippen molar-refractivity contribution in [2.75, 3.05) is 10.8 Å². The third-order valence-electron chi connectivity index (χ3n) is 4.31. The average Bonchev–Trinajstić information content (AvgIpc) is 2.74. The SMILES string of the molecule is CCN(c1ccccc1)S(=O)(=O)c1cccc(C(=O)OCc2ccccc2Cl)c1. The highest BCUT2D eigenvalue weighted by atomic mass is 35.5. The van der Waals surface area contributed by atoms with Crippen molar-refractivity contribution in [2.45, 2.75) is 18.4 Å². The molecule has 0 radical (unpaired) electrons. The van der Waals surface area contributed by atoms with E-state index in [4.69, 9.17) is 16.3 Å². The van der Waals surface area contributed by atoms with Crippen LogP contribution in [0.15, 0.2) is 83.8 Å². The highest BCUT2D eigenvalue weighted by Crippen LogP contribution is 2.24. The van der Waals surface area contributed by atoms with E-state index in [1.807, 2.05) is 6.07 Å². The van der Waals surface area contributed by atoms with E-state index in [-0.39, 0.29) is 23.6 Å². The maximum Gasteiger partial charge on any atom is 0.338 e. The van der Waals surface area contributed by atoms with Gasteiger partial charge in [-0.2, -0.15) is 0 Å².